The molecule has 8 nitrogen and oxygen atoms in total. The van der Waals surface area contributed by atoms with Gasteiger partial charge in [-0.1, -0.05) is 26.0 Å². The third kappa shape index (κ3) is 5.27. The number of anilines is 1. The van der Waals surface area contributed by atoms with Crippen LogP contribution in [0.15, 0.2) is 30.6 Å². The molecule has 142 valence electrons. The Bertz CT molecular complexity index is 746. The second kappa shape index (κ2) is 9.88. The van der Waals surface area contributed by atoms with Crippen LogP contribution in [-0.2, 0) is 16.1 Å². The normalized spacial score (nSPS) is 11.6. The van der Waals surface area contributed by atoms with E-state index in [0.29, 0.717) is 18.1 Å². The maximum absolute atomic E-state index is 12.2. The van der Waals surface area contributed by atoms with Crippen LogP contribution in [0.1, 0.15) is 20.8 Å². The molecule has 0 aliphatic carbocycles. The highest BCUT2D eigenvalue weighted by Gasteiger charge is 2.18. The zero-order chi connectivity index (χ0) is 18.4. The monoisotopic (exact) mass is 380 g/mol. The molecule has 1 heterocycles. The second-order valence-electron chi connectivity index (χ2n) is 6.02. The summed E-state index contributed by atoms with van der Waals surface area (Å²) in [6.45, 7) is 6.26. The van der Waals surface area contributed by atoms with Crippen LogP contribution in [0.2, 0.25) is 0 Å². The number of aryl methyl sites for hydroxylation is 1. The van der Waals surface area contributed by atoms with E-state index >= 15 is 0 Å². The molecule has 2 rings (SSSR count). The van der Waals surface area contributed by atoms with Gasteiger partial charge in [0.1, 0.15) is 6.33 Å². The molecule has 0 unspecified atom stereocenters. The van der Waals surface area contributed by atoms with Gasteiger partial charge in [-0.2, -0.15) is 0 Å². The number of halogens is 1. The Morgan fingerprint density at radius 1 is 1.27 bits per heavy atom. The van der Waals surface area contributed by atoms with Gasteiger partial charge < -0.3 is 20.9 Å². The fourth-order valence-electron chi connectivity index (χ4n) is 2.26. The zero-order valence-electron chi connectivity index (χ0n) is 15.1. The third-order valence-electron chi connectivity index (χ3n) is 3.84. The Kier molecular flexibility index (Phi) is 8.21. The van der Waals surface area contributed by atoms with E-state index in [0.717, 1.165) is 5.56 Å². The maximum atomic E-state index is 12.2. The molecular formula is C17H25ClN6O2. The summed E-state index contributed by atoms with van der Waals surface area (Å²) in [4.78, 5) is 24.0. The number of nitrogens with zero attached hydrogens (tertiary/aromatic N) is 3. The fraction of sp³-hybridized carbons (Fsp3) is 0.412. The molecule has 0 saturated heterocycles. The molecule has 0 radical (unpaired) electrons. The fourth-order valence-corrected chi connectivity index (χ4v) is 2.26. The van der Waals surface area contributed by atoms with E-state index < -0.39 is 6.04 Å². The van der Waals surface area contributed by atoms with Crippen LogP contribution in [0.5, 0.6) is 0 Å². The van der Waals surface area contributed by atoms with Gasteiger partial charge in [-0.05, 0) is 25.0 Å². The van der Waals surface area contributed by atoms with E-state index in [9.17, 15) is 9.59 Å². The van der Waals surface area contributed by atoms with E-state index in [1.807, 2.05) is 43.5 Å². The van der Waals surface area contributed by atoms with Gasteiger partial charge in [0.05, 0.1) is 18.3 Å². The van der Waals surface area contributed by atoms with Crippen molar-refractivity contribution in [1.29, 1.82) is 0 Å². The van der Waals surface area contributed by atoms with Gasteiger partial charge in [-0.3, -0.25) is 9.59 Å². The molecule has 0 saturated carbocycles. The Labute approximate surface area is 159 Å². The number of hydrogen-bond donors (Lipinski definition) is 3. The lowest BCUT2D eigenvalue weighted by Gasteiger charge is -2.15. The average molecular weight is 381 g/mol. The Morgan fingerprint density at radius 3 is 2.62 bits per heavy atom. The van der Waals surface area contributed by atoms with Crippen molar-refractivity contribution < 1.29 is 9.59 Å². The number of rotatable bonds is 7. The molecule has 0 spiro atoms. The minimum atomic E-state index is -0.636. The number of benzene rings is 1. The molecule has 1 aromatic carbocycles. The molecule has 9 heteroatoms. The van der Waals surface area contributed by atoms with E-state index in [1.54, 1.807) is 12.4 Å². The molecule has 2 amide bonds. The summed E-state index contributed by atoms with van der Waals surface area (Å²) in [6, 6.07) is 6.69. The Morgan fingerprint density at radius 2 is 1.96 bits per heavy atom. The van der Waals surface area contributed by atoms with E-state index in [4.69, 9.17) is 5.73 Å². The lowest BCUT2D eigenvalue weighted by molar-refractivity contribution is -0.125. The smallest absolute Gasteiger partial charge is 0.243 e. The van der Waals surface area contributed by atoms with Crippen LogP contribution in [0.4, 0.5) is 5.69 Å². The van der Waals surface area contributed by atoms with Crippen LogP contribution >= 0.6 is 12.4 Å². The van der Waals surface area contributed by atoms with Crippen molar-refractivity contribution in [2.24, 2.45) is 11.7 Å². The molecular weight excluding hydrogens is 356 g/mol. The van der Waals surface area contributed by atoms with Crippen LogP contribution in [0.25, 0.3) is 11.4 Å². The second-order valence-corrected chi connectivity index (χ2v) is 6.02. The lowest BCUT2D eigenvalue weighted by Crippen LogP contribution is -2.46. The summed E-state index contributed by atoms with van der Waals surface area (Å²) in [5.41, 5.74) is 7.13. The first kappa shape index (κ1) is 21.6. The van der Waals surface area contributed by atoms with Gasteiger partial charge in [0.2, 0.25) is 11.8 Å². The van der Waals surface area contributed by atoms with Crippen LogP contribution < -0.4 is 16.4 Å². The van der Waals surface area contributed by atoms with Gasteiger partial charge in [-0.25, -0.2) is 0 Å². The topological polar surface area (TPSA) is 115 Å². The minimum Gasteiger partial charge on any atom is -0.346 e. The first-order valence-corrected chi connectivity index (χ1v) is 8.24. The van der Waals surface area contributed by atoms with E-state index in [-0.39, 0.29) is 36.7 Å². The number of hydrogen-bond acceptors (Lipinski definition) is 5. The number of carbonyl (C=O) groups excluding carboxylic acids is 2. The molecule has 0 bridgehead atoms. The van der Waals surface area contributed by atoms with E-state index in [1.165, 1.54) is 0 Å². The zero-order valence-corrected chi connectivity index (χ0v) is 15.9. The quantitative estimate of drug-likeness (QED) is 0.672. The highest BCUT2D eigenvalue weighted by molar-refractivity contribution is 5.98. The number of carbonyl (C=O) groups is 2. The van der Waals surface area contributed by atoms with Crippen LogP contribution in [0, 0.1) is 5.92 Å². The van der Waals surface area contributed by atoms with Crippen LogP contribution in [0.3, 0.4) is 0 Å². The van der Waals surface area contributed by atoms with E-state index in [2.05, 4.69) is 20.8 Å². The molecule has 26 heavy (non-hydrogen) atoms. The van der Waals surface area contributed by atoms with Crippen molar-refractivity contribution in [2.45, 2.75) is 33.4 Å². The summed E-state index contributed by atoms with van der Waals surface area (Å²) < 4.78 is 1.88. The predicted octanol–water partition coefficient (Wildman–Crippen LogP) is 1.42. The number of aromatic nitrogens is 3. The molecule has 0 fully saturated rings. The molecule has 4 N–H and O–H groups in total. The van der Waals surface area contributed by atoms with Gasteiger partial charge in [-0.15, -0.1) is 22.6 Å². The first-order valence-electron chi connectivity index (χ1n) is 8.24. The van der Waals surface area contributed by atoms with Crippen molar-refractivity contribution in [2.75, 3.05) is 11.9 Å². The highest BCUT2D eigenvalue weighted by atomic mass is 35.5. The molecule has 0 aliphatic rings. The first-order chi connectivity index (χ1) is 11.9. The van der Waals surface area contributed by atoms with Crippen molar-refractivity contribution in [3.63, 3.8) is 0 Å². The SMILES string of the molecule is CCn1cnnc1-c1ccccc1NC(=O)CNC(=O)[C@@H](N)C(C)C.Cl. The average Bonchev–Trinajstić information content (AvgIpc) is 3.07. The summed E-state index contributed by atoms with van der Waals surface area (Å²) >= 11 is 0. The van der Waals surface area contributed by atoms with Crippen LogP contribution in [-0.4, -0.2) is 39.2 Å². The molecule has 1 atom stereocenters. The maximum Gasteiger partial charge on any atom is 0.243 e. The largest absolute Gasteiger partial charge is 0.346 e. The van der Waals surface area contributed by atoms with Gasteiger partial charge >= 0.3 is 0 Å². The molecule has 0 aliphatic heterocycles. The number of nitrogens with one attached hydrogen (secondary N) is 2. The minimum absolute atomic E-state index is 0. The van der Waals surface area contributed by atoms with Crippen molar-refractivity contribution in [3.8, 4) is 11.4 Å². The Hall–Kier alpha value is -2.45. The highest BCUT2D eigenvalue weighted by Crippen LogP contribution is 2.25. The summed E-state index contributed by atoms with van der Waals surface area (Å²) in [5.74, 6) is -0.00283. The molecule has 1 aromatic heterocycles. The summed E-state index contributed by atoms with van der Waals surface area (Å²) in [7, 11) is 0. The van der Waals surface area contributed by atoms with Crippen molar-refractivity contribution >= 4 is 29.9 Å². The van der Waals surface area contributed by atoms with Gasteiger partial charge in [0, 0.05) is 12.1 Å². The van der Waals surface area contributed by atoms with Gasteiger partial charge in [0.25, 0.3) is 0 Å². The molecule has 2 aromatic rings. The van der Waals surface area contributed by atoms with Gasteiger partial charge in [0.15, 0.2) is 5.82 Å². The third-order valence-corrected chi connectivity index (χ3v) is 3.84. The summed E-state index contributed by atoms with van der Waals surface area (Å²) in [5, 5.41) is 13.4. The van der Waals surface area contributed by atoms with Crippen molar-refractivity contribution in [1.82, 2.24) is 20.1 Å². The Balaban J connectivity index is 0.00000338. The lowest BCUT2D eigenvalue weighted by atomic mass is 10.1. The number of amides is 2. The number of para-hydroxylation sites is 1. The number of nitrogens with two attached hydrogens (primary N) is 1. The predicted molar refractivity (Wildman–Crippen MR) is 103 cm³/mol. The van der Waals surface area contributed by atoms with Crippen molar-refractivity contribution in [3.05, 3.63) is 30.6 Å². The summed E-state index contributed by atoms with van der Waals surface area (Å²) in [6.07, 6.45) is 1.64. The standard InChI is InChI=1S/C17H24N6O2.ClH/c1-4-23-10-20-22-16(23)12-7-5-6-8-13(12)21-14(24)9-19-17(25)15(18)11(2)3;/h5-8,10-11,15H,4,9,18H2,1-3H3,(H,19,25)(H,21,24);1H/t15-;/m0./s1.